The molecule has 0 aliphatic heterocycles. The lowest BCUT2D eigenvalue weighted by molar-refractivity contribution is -0.123. The molecule has 0 radical (unpaired) electrons. The quantitative estimate of drug-likeness (QED) is 0.676. The number of rotatable bonds is 9. The lowest BCUT2D eigenvalue weighted by atomic mass is 9.95. The topological polar surface area (TPSA) is 41.1 Å². The van der Waals surface area contributed by atoms with Gasteiger partial charge in [-0.15, -0.1) is 0 Å². The van der Waals surface area contributed by atoms with Gasteiger partial charge in [-0.05, 0) is 32.6 Å². The summed E-state index contributed by atoms with van der Waals surface area (Å²) >= 11 is 0. The van der Waals surface area contributed by atoms with Crippen LogP contribution in [0.2, 0.25) is 0 Å². The summed E-state index contributed by atoms with van der Waals surface area (Å²) in [5.74, 6) is 0.189. The van der Waals surface area contributed by atoms with Crippen LogP contribution in [0.25, 0.3) is 0 Å². The van der Waals surface area contributed by atoms with E-state index in [-0.39, 0.29) is 11.9 Å². The fourth-order valence-corrected chi connectivity index (χ4v) is 3.11. The smallest absolute Gasteiger partial charge is 0.237 e. The van der Waals surface area contributed by atoms with E-state index in [4.69, 9.17) is 0 Å². The lowest BCUT2D eigenvalue weighted by Gasteiger charge is -2.27. The van der Waals surface area contributed by atoms with E-state index in [0.29, 0.717) is 12.1 Å². The Balaban J connectivity index is 2.33. The largest absolute Gasteiger partial charge is 0.352 e. The van der Waals surface area contributed by atoms with Crippen molar-refractivity contribution in [3.8, 4) is 0 Å². The van der Waals surface area contributed by atoms with Crippen molar-refractivity contribution in [3.63, 3.8) is 0 Å². The summed E-state index contributed by atoms with van der Waals surface area (Å²) in [6.45, 7) is 6.45. The summed E-state index contributed by atoms with van der Waals surface area (Å²) in [7, 11) is 0. The Morgan fingerprint density at radius 1 is 1.10 bits per heavy atom. The molecule has 2 atom stereocenters. The van der Waals surface area contributed by atoms with Crippen LogP contribution in [0.4, 0.5) is 0 Å². The van der Waals surface area contributed by atoms with Crippen LogP contribution in [0.5, 0.6) is 0 Å². The van der Waals surface area contributed by atoms with Gasteiger partial charge in [0.05, 0.1) is 6.04 Å². The summed E-state index contributed by atoms with van der Waals surface area (Å²) in [5.41, 5.74) is 0. The second-order valence-electron chi connectivity index (χ2n) is 6.36. The van der Waals surface area contributed by atoms with Gasteiger partial charge in [-0.3, -0.25) is 4.79 Å². The van der Waals surface area contributed by atoms with Crippen LogP contribution < -0.4 is 10.6 Å². The number of amides is 1. The SMILES string of the molecule is CCCCC(CCC)NC(C)C(=O)NC1CCCCC1. The Morgan fingerprint density at radius 3 is 2.40 bits per heavy atom. The molecule has 0 aromatic carbocycles. The molecule has 0 saturated heterocycles. The molecule has 0 aromatic heterocycles. The highest BCUT2D eigenvalue weighted by Crippen LogP contribution is 2.17. The second kappa shape index (κ2) is 10.2. The van der Waals surface area contributed by atoms with Crippen LogP contribution in [-0.4, -0.2) is 24.0 Å². The highest BCUT2D eigenvalue weighted by atomic mass is 16.2. The third kappa shape index (κ3) is 6.74. The Kier molecular flexibility index (Phi) is 8.92. The maximum atomic E-state index is 12.3. The van der Waals surface area contributed by atoms with Crippen molar-refractivity contribution >= 4 is 5.91 Å². The molecule has 1 fully saturated rings. The van der Waals surface area contributed by atoms with Crippen molar-refractivity contribution < 1.29 is 4.79 Å². The number of carbonyl (C=O) groups excluding carboxylic acids is 1. The highest BCUT2D eigenvalue weighted by molar-refractivity contribution is 5.81. The van der Waals surface area contributed by atoms with Crippen LogP contribution in [-0.2, 0) is 4.79 Å². The minimum absolute atomic E-state index is 0.0645. The van der Waals surface area contributed by atoms with E-state index >= 15 is 0 Å². The minimum atomic E-state index is -0.0645. The summed E-state index contributed by atoms with van der Waals surface area (Å²) in [4.78, 5) is 12.3. The van der Waals surface area contributed by atoms with Gasteiger partial charge in [0.1, 0.15) is 0 Å². The molecule has 1 rings (SSSR count). The first kappa shape index (κ1) is 17.5. The Hall–Kier alpha value is -0.570. The predicted octanol–water partition coefficient (Wildman–Crippen LogP) is 3.77. The Morgan fingerprint density at radius 2 is 1.80 bits per heavy atom. The molecule has 0 spiro atoms. The zero-order valence-corrected chi connectivity index (χ0v) is 13.7. The van der Waals surface area contributed by atoms with Crippen molar-refractivity contribution in [1.82, 2.24) is 10.6 Å². The van der Waals surface area contributed by atoms with Gasteiger partial charge >= 0.3 is 0 Å². The number of nitrogens with one attached hydrogen (secondary N) is 2. The third-order valence-corrected chi connectivity index (χ3v) is 4.37. The summed E-state index contributed by atoms with van der Waals surface area (Å²) in [6, 6.07) is 0.846. The fraction of sp³-hybridized carbons (Fsp3) is 0.941. The van der Waals surface area contributed by atoms with Crippen molar-refractivity contribution in [2.45, 2.75) is 103 Å². The van der Waals surface area contributed by atoms with Gasteiger partial charge in [0.25, 0.3) is 0 Å². The van der Waals surface area contributed by atoms with Crippen LogP contribution in [0, 0.1) is 0 Å². The molecule has 3 nitrogen and oxygen atoms in total. The molecule has 3 heteroatoms. The molecule has 2 unspecified atom stereocenters. The van der Waals surface area contributed by atoms with Gasteiger partial charge in [-0.2, -0.15) is 0 Å². The van der Waals surface area contributed by atoms with Gasteiger partial charge in [0.15, 0.2) is 0 Å². The Labute approximate surface area is 125 Å². The van der Waals surface area contributed by atoms with Gasteiger partial charge in [-0.25, -0.2) is 0 Å². The molecule has 1 aliphatic carbocycles. The maximum absolute atomic E-state index is 12.3. The summed E-state index contributed by atoms with van der Waals surface area (Å²) in [6.07, 6.45) is 12.2. The van der Waals surface area contributed by atoms with E-state index in [0.717, 1.165) is 12.8 Å². The molecular formula is C17H34N2O. The molecule has 0 bridgehead atoms. The lowest BCUT2D eigenvalue weighted by Crippen LogP contribution is -2.49. The zero-order valence-electron chi connectivity index (χ0n) is 13.7. The number of hydrogen-bond donors (Lipinski definition) is 2. The van der Waals surface area contributed by atoms with Crippen LogP contribution in [0.15, 0.2) is 0 Å². The molecule has 2 N–H and O–H groups in total. The first-order valence-electron chi connectivity index (χ1n) is 8.73. The molecule has 118 valence electrons. The predicted molar refractivity (Wildman–Crippen MR) is 85.8 cm³/mol. The zero-order chi connectivity index (χ0) is 14.8. The van der Waals surface area contributed by atoms with Gasteiger partial charge in [-0.1, -0.05) is 52.4 Å². The van der Waals surface area contributed by atoms with Crippen molar-refractivity contribution in [2.24, 2.45) is 0 Å². The molecule has 20 heavy (non-hydrogen) atoms. The summed E-state index contributed by atoms with van der Waals surface area (Å²) in [5, 5.41) is 6.75. The second-order valence-corrected chi connectivity index (χ2v) is 6.36. The van der Waals surface area contributed by atoms with E-state index in [1.165, 1.54) is 51.4 Å². The molecule has 0 aromatic rings. The third-order valence-electron chi connectivity index (χ3n) is 4.37. The standard InChI is InChI=1S/C17H34N2O/c1-4-6-11-15(10-5-2)18-14(3)17(20)19-16-12-8-7-9-13-16/h14-16,18H,4-13H2,1-3H3,(H,19,20). The van der Waals surface area contributed by atoms with Gasteiger partial charge in [0.2, 0.25) is 5.91 Å². The number of hydrogen-bond acceptors (Lipinski definition) is 2. The Bertz CT molecular complexity index is 262. The first-order valence-corrected chi connectivity index (χ1v) is 8.73. The fourth-order valence-electron chi connectivity index (χ4n) is 3.11. The van der Waals surface area contributed by atoms with E-state index < -0.39 is 0 Å². The average molecular weight is 282 g/mol. The normalized spacial score (nSPS) is 19.6. The number of carbonyl (C=O) groups is 1. The van der Waals surface area contributed by atoms with E-state index in [2.05, 4.69) is 24.5 Å². The van der Waals surface area contributed by atoms with Gasteiger partial charge in [0, 0.05) is 12.1 Å². The highest BCUT2D eigenvalue weighted by Gasteiger charge is 2.21. The monoisotopic (exact) mass is 282 g/mol. The maximum Gasteiger partial charge on any atom is 0.237 e. The average Bonchev–Trinajstić information content (AvgIpc) is 2.46. The molecule has 1 aliphatic rings. The molecular weight excluding hydrogens is 248 g/mol. The molecule has 1 saturated carbocycles. The van der Waals surface area contributed by atoms with Crippen molar-refractivity contribution in [1.29, 1.82) is 0 Å². The van der Waals surface area contributed by atoms with E-state index in [1.807, 2.05) is 6.92 Å². The van der Waals surface area contributed by atoms with Crippen LogP contribution in [0.3, 0.4) is 0 Å². The minimum Gasteiger partial charge on any atom is -0.352 e. The van der Waals surface area contributed by atoms with Crippen molar-refractivity contribution in [2.75, 3.05) is 0 Å². The number of unbranched alkanes of at least 4 members (excludes halogenated alkanes) is 1. The van der Waals surface area contributed by atoms with Crippen LogP contribution in [0.1, 0.15) is 85.0 Å². The summed E-state index contributed by atoms with van der Waals surface area (Å²) < 4.78 is 0. The van der Waals surface area contributed by atoms with Gasteiger partial charge < -0.3 is 10.6 Å². The first-order chi connectivity index (χ1) is 9.67. The van der Waals surface area contributed by atoms with Crippen LogP contribution >= 0.6 is 0 Å². The van der Waals surface area contributed by atoms with E-state index in [1.54, 1.807) is 0 Å². The van der Waals surface area contributed by atoms with Crippen molar-refractivity contribution in [3.05, 3.63) is 0 Å². The molecule has 1 amide bonds. The molecule has 0 heterocycles. The van der Waals surface area contributed by atoms with E-state index in [9.17, 15) is 4.79 Å².